The molecule has 94 valence electrons. The highest BCUT2D eigenvalue weighted by Gasteiger charge is 2.27. The van der Waals surface area contributed by atoms with Crippen molar-refractivity contribution in [3.63, 3.8) is 0 Å². The van der Waals surface area contributed by atoms with Crippen LogP contribution in [0.3, 0.4) is 0 Å². The number of piperidine rings is 1. The van der Waals surface area contributed by atoms with Gasteiger partial charge >= 0.3 is 0 Å². The molecule has 0 unspecified atom stereocenters. The summed E-state index contributed by atoms with van der Waals surface area (Å²) in [4.78, 5) is 10.7. The summed E-state index contributed by atoms with van der Waals surface area (Å²) in [6, 6.07) is 7.27. The lowest BCUT2D eigenvalue weighted by atomic mass is 10.0. The molecule has 0 aliphatic carbocycles. The molecular formula is C13H18ClNO2. The standard InChI is InChI=1S/C13H17NO2.ClH/c1-13(7-2-3-8-14-13)16-12-6-4-5-11(9-12)10-15;/h4-6,9-10,14H,2-3,7-8H2,1H3;1H/t13-;/m1./s1. The van der Waals surface area contributed by atoms with E-state index in [-0.39, 0.29) is 18.1 Å². The highest BCUT2D eigenvalue weighted by Crippen LogP contribution is 2.24. The Bertz CT molecular complexity index is 375. The summed E-state index contributed by atoms with van der Waals surface area (Å²) in [5.41, 5.74) is 0.358. The summed E-state index contributed by atoms with van der Waals surface area (Å²) >= 11 is 0. The van der Waals surface area contributed by atoms with E-state index in [0.717, 1.165) is 25.0 Å². The molecule has 1 aromatic rings. The van der Waals surface area contributed by atoms with Crippen molar-refractivity contribution >= 4 is 18.7 Å². The first-order valence-electron chi connectivity index (χ1n) is 5.71. The van der Waals surface area contributed by atoms with E-state index < -0.39 is 0 Å². The zero-order valence-corrected chi connectivity index (χ0v) is 10.8. The van der Waals surface area contributed by atoms with Crippen molar-refractivity contribution < 1.29 is 9.53 Å². The van der Waals surface area contributed by atoms with Gasteiger partial charge in [0.05, 0.1) is 0 Å². The lowest BCUT2D eigenvalue weighted by molar-refractivity contribution is 0.0254. The molecule has 0 saturated carbocycles. The first kappa shape index (κ1) is 14.0. The third-order valence-electron chi connectivity index (χ3n) is 2.92. The molecule has 0 bridgehead atoms. The Labute approximate surface area is 108 Å². The predicted molar refractivity (Wildman–Crippen MR) is 70.0 cm³/mol. The summed E-state index contributed by atoms with van der Waals surface area (Å²) in [6.07, 6.45) is 4.21. The second-order valence-corrected chi connectivity index (χ2v) is 4.41. The van der Waals surface area contributed by atoms with Gasteiger partial charge in [-0.05, 0) is 38.4 Å². The third-order valence-corrected chi connectivity index (χ3v) is 2.92. The Morgan fingerprint density at radius 1 is 1.41 bits per heavy atom. The quantitative estimate of drug-likeness (QED) is 0.844. The zero-order valence-electron chi connectivity index (χ0n) is 9.94. The van der Waals surface area contributed by atoms with E-state index in [1.54, 1.807) is 12.1 Å². The maximum absolute atomic E-state index is 10.7. The SMILES string of the molecule is C[C@@]1(Oc2cccc(C=O)c2)CCCCN1.Cl. The number of benzene rings is 1. The molecular weight excluding hydrogens is 238 g/mol. The minimum atomic E-state index is -0.292. The second kappa shape index (κ2) is 6.03. The fourth-order valence-corrected chi connectivity index (χ4v) is 2.03. The Kier molecular flexibility index (Phi) is 4.97. The van der Waals surface area contributed by atoms with Gasteiger partial charge in [-0.15, -0.1) is 12.4 Å². The minimum Gasteiger partial charge on any atom is -0.473 e. The first-order chi connectivity index (χ1) is 7.72. The molecule has 1 heterocycles. The van der Waals surface area contributed by atoms with Crippen LogP contribution < -0.4 is 10.1 Å². The first-order valence-corrected chi connectivity index (χ1v) is 5.71. The molecule has 4 heteroatoms. The average Bonchev–Trinajstić information content (AvgIpc) is 2.29. The van der Waals surface area contributed by atoms with Crippen LogP contribution in [0.1, 0.15) is 36.5 Å². The van der Waals surface area contributed by atoms with Gasteiger partial charge in [0.1, 0.15) is 12.0 Å². The number of hydrogen-bond donors (Lipinski definition) is 1. The molecule has 2 rings (SSSR count). The molecule has 0 radical (unpaired) electrons. The number of nitrogens with one attached hydrogen (secondary N) is 1. The van der Waals surface area contributed by atoms with Gasteiger partial charge in [0.2, 0.25) is 0 Å². The summed E-state index contributed by atoms with van der Waals surface area (Å²) in [7, 11) is 0. The van der Waals surface area contributed by atoms with Crippen LogP contribution >= 0.6 is 12.4 Å². The highest BCUT2D eigenvalue weighted by molar-refractivity contribution is 5.85. The normalized spacial score (nSPS) is 23.6. The highest BCUT2D eigenvalue weighted by atomic mass is 35.5. The number of aldehydes is 1. The van der Waals surface area contributed by atoms with E-state index in [2.05, 4.69) is 12.2 Å². The van der Waals surface area contributed by atoms with Crippen molar-refractivity contribution in [1.82, 2.24) is 5.32 Å². The number of rotatable bonds is 3. The van der Waals surface area contributed by atoms with Gasteiger partial charge < -0.3 is 4.74 Å². The Morgan fingerprint density at radius 3 is 2.88 bits per heavy atom. The van der Waals surface area contributed by atoms with E-state index in [9.17, 15) is 4.79 Å². The molecule has 17 heavy (non-hydrogen) atoms. The van der Waals surface area contributed by atoms with Crippen molar-refractivity contribution in [3.8, 4) is 5.75 Å². The van der Waals surface area contributed by atoms with Crippen LogP contribution in [0.5, 0.6) is 5.75 Å². The molecule has 1 aromatic carbocycles. The van der Waals surface area contributed by atoms with Crippen LogP contribution in [0.2, 0.25) is 0 Å². The summed E-state index contributed by atoms with van der Waals surface area (Å²) in [5.74, 6) is 0.751. The van der Waals surface area contributed by atoms with Gasteiger partial charge in [0.15, 0.2) is 5.72 Å². The average molecular weight is 256 g/mol. The third kappa shape index (κ3) is 3.72. The van der Waals surface area contributed by atoms with Crippen molar-refractivity contribution in [1.29, 1.82) is 0 Å². The van der Waals surface area contributed by atoms with E-state index in [1.807, 2.05) is 12.1 Å². The van der Waals surface area contributed by atoms with Crippen LogP contribution in [0, 0.1) is 0 Å². The van der Waals surface area contributed by atoms with Crippen molar-refractivity contribution in [2.75, 3.05) is 6.54 Å². The number of hydrogen-bond acceptors (Lipinski definition) is 3. The molecule has 3 nitrogen and oxygen atoms in total. The van der Waals surface area contributed by atoms with Crippen LogP contribution in [-0.2, 0) is 0 Å². The van der Waals surface area contributed by atoms with Gasteiger partial charge in [-0.2, -0.15) is 0 Å². The molecule has 1 saturated heterocycles. The Morgan fingerprint density at radius 2 is 2.24 bits per heavy atom. The zero-order chi connectivity index (χ0) is 11.4. The number of halogens is 1. The van der Waals surface area contributed by atoms with E-state index in [0.29, 0.717) is 5.56 Å². The number of ether oxygens (including phenoxy) is 1. The van der Waals surface area contributed by atoms with Gasteiger partial charge in [0, 0.05) is 12.0 Å². The summed E-state index contributed by atoms with van der Waals surface area (Å²) < 4.78 is 5.92. The fourth-order valence-electron chi connectivity index (χ4n) is 2.03. The fraction of sp³-hybridized carbons (Fsp3) is 0.462. The van der Waals surface area contributed by atoms with Crippen molar-refractivity contribution in [2.24, 2.45) is 0 Å². The minimum absolute atomic E-state index is 0. The van der Waals surface area contributed by atoms with E-state index >= 15 is 0 Å². The molecule has 1 aliphatic rings. The maximum Gasteiger partial charge on any atom is 0.158 e. The molecule has 0 aromatic heterocycles. The Hall–Kier alpha value is -1.06. The topological polar surface area (TPSA) is 38.3 Å². The van der Waals surface area contributed by atoms with E-state index in [1.165, 1.54) is 12.8 Å². The van der Waals surface area contributed by atoms with Gasteiger partial charge in [-0.25, -0.2) is 0 Å². The molecule has 0 amide bonds. The van der Waals surface area contributed by atoms with Crippen LogP contribution in [-0.4, -0.2) is 18.6 Å². The molecule has 1 fully saturated rings. The molecule has 1 N–H and O–H groups in total. The lowest BCUT2D eigenvalue weighted by Crippen LogP contribution is -2.50. The number of carbonyl (C=O) groups is 1. The van der Waals surface area contributed by atoms with Gasteiger partial charge in [-0.1, -0.05) is 12.1 Å². The van der Waals surface area contributed by atoms with Crippen LogP contribution in [0.15, 0.2) is 24.3 Å². The Balaban J connectivity index is 0.00000144. The summed E-state index contributed by atoms with van der Waals surface area (Å²) in [6.45, 7) is 3.05. The number of carbonyl (C=O) groups excluding carboxylic acids is 1. The van der Waals surface area contributed by atoms with Crippen LogP contribution in [0.4, 0.5) is 0 Å². The smallest absolute Gasteiger partial charge is 0.158 e. The van der Waals surface area contributed by atoms with Gasteiger partial charge in [-0.3, -0.25) is 10.1 Å². The van der Waals surface area contributed by atoms with Crippen LogP contribution in [0.25, 0.3) is 0 Å². The molecule has 0 spiro atoms. The predicted octanol–water partition coefficient (Wildman–Crippen LogP) is 2.79. The van der Waals surface area contributed by atoms with Crippen molar-refractivity contribution in [3.05, 3.63) is 29.8 Å². The van der Waals surface area contributed by atoms with Crippen molar-refractivity contribution in [2.45, 2.75) is 31.9 Å². The largest absolute Gasteiger partial charge is 0.473 e. The maximum atomic E-state index is 10.7. The van der Waals surface area contributed by atoms with Gasteiger partial charge in [0.25, 0.3) is 0 Å². The lowest BCUT2D eigenvalue weighted by Gasteiger charge is -2.35. The molecule has 1 aliphatic heterocycles. The molecule has 1 atom stereocenters. The van der Waals surface area contributed by atoms with E-state index in [4.69, 9.17) is 4.74 Å². The summed E-state index contributed by atoms with van der Waals surface area (Å²) in [5, 5.41) is 3.37. The monoisotopic (exact) mass is 255 g/mol. The second-order valence-electron chi connectivity index (χ2n) is 4.41.